The molecule has 1 aromatic carbocycles. The van der Waals surface area contributed by atoms with Gasteiger partial charge in [-0.2, -0.15) is 0 Å². The molecular weight excluding hydrogens is 228 g/mol. The summed E-state index contributed by atoms with van der Waals surface area (Å²) in [6, 6.07) is 3.62. The van der Waals surface area contributed by atoms with E-state index in [2.05, 4.69) is 5.32 Å². The Labute approximate surface area is 100 Å². The number of aliphatic hydroxyl groups is 1. The standard InChI is InChI=1S/C11H17ClN2O2/c1-7-3-11(16-2)9(12)4-10(7)14-6-8(15)5-13/h3-4,8,14-15H,5-6,13H2,1-2H3. The number of aliphatic hydroxyl groups excluding tert-OH is 1. The zero-order valence-corrected chi connectivity index (χ0v) is 10.2. The van der Waals surface area contributed by atoms with Gasteiger partial charge in [-0.3, -0.25) is 0 Å². The topological polar surface area (TPSA) is 67.5 Å². The Hall–Kier alpha value is -0.970. The maximum Gasteiger partial charge on any atom is 0.137 e. The van der Waals surface area contributed by atoms with Gasteiger partial charge in [-0.05, 0) is 24.6 Å². The smallest absolute Gasteiger partial charge is 0.137 e. The third kappa shape index (κ3) is 3.27. The second-order valence-electron chi connectivity index (χ2n) is 3.57. The Balaban J connectivity index is 2.77. The average molecular weight is 245 g/mol. The molecule has 0 aliphatic rings. The number of halogens is 1. The van der Waals surface area contributed by atoms with E-state index in [4.69, 9.17) is 22.1 Å². The minimum atomic E-state index is -0.555. The summed E-state index contributed by atoms with van der Waals surface area (Å²) in [6.07, 6.45) is -0.555. The highest BCUT2D eigenvalue weighted by Gasteiger charge is 2.07. The summed E-state index contributed by atoms with van der Waals surface area (Å²) < 4.78 is 5.10. The predicted molar refractivity (Wildman–Crippen MR) is 66.3 cm³/mol. The lowest BCUT2D eigenvalue weighted by Crippen LogP contribution is -2.27. The quantitative estimate of drug-likeness (QED) is 0.732. The van der Waals surface area contributed by atoms with Crippen LogP contribution in [0.25, 0.3) is 0 Å². The van der Waals surface area contributed by atoms with E-state index >= 15 is 0 Å². The molecule has 0 heterocycles. The summed E-state index contributed by atoms with van der Waals surface area (Å²) in [5.41, 5.74) is 7.19. The molecule has 90 valence electrons. The van der Waals surface area contributed by atoms with Crippen LogP contribution in [0, 0.1) is 6.92 Å². The second-order valence-corrected chi connectivity index (χ2v) is 3.98. The van der Waals surface area contributed by atoms with Crippen LogP contribution >= 0.6 is 11.6 Å². The van der Waals surface area contributed by atoms with Crippen molar-refractivity contribution >= 4 is 17.3 Å². The fraction of sp³-hybridized carbons (Fsp3) is 0.455. The summed E-state index contributed by atoms with van der Waals surface area (Å²) >= 11 is 6.00. The Bertz CT molecular complexity index is 358. The molecule has 1 aromatic rings. The first kappa shape index (κ1) is 13.1. The van der Waals surface area contributed by atoms with Crippen LogP contribution in [-0.4, -0.2) is 31.4 Å². The molecule has 4 N–H and O–H groups in total. The van der Waals surface area contributed by atoms with Crippen LogP contribution in [0.5, 0.6) is 5.75 Å². The summed E-state index contributed by atoms with van der Waals surface area (Å²) in [7, 11) is 1.58. The van der Waals surface area contributed by atoms with Gasteiger partial charge in [0.15, 0.2) is 0 Å². The molecule has 0 radical (unpaired) electrons. The third-order valence-corrected chi connectivity index (χ3v) is 2.59. The number of nitrogens with one attached hydrogen (secondary N) is 1. The third-order valence-electron chi connectivity index (χ3n) is 2.30. The van der Waals surface area contributed by atoms with Crippen molar-refractivity contribution in [3.05, 3.63) is 22.7 Å². The fourth-order valence-corrected chi connectivity index (χ4v) is 1.55. The van der Waals surface area contributed by atoms with E-state index in [0.29, 0.717) is 17.3 Å². The molecule has 0 amide bonds. The molecule has 0 spiro atoms. The maximum absolute atomic E-state index is 9.34. The van der Waals surface area contributed by atoms with Crippen molar-refractivity contribution in [1.82, 2.24) is 0 Å². The molecule has 0 aromatic heterocycles. The van der Waals surface area contributed by atoms with Gasteiger partial charge < -0.3 is 20.9 Å². The average Bonchev–Trinajstić information content (AvgIpc) is 2.29. The number of anilines is 1. The lowest BCUT2D eigenvalue weighted by atomic mass is 10.2. The molecule has 4 nitrogen and oxygen atoms in total. The van der Waals surface area contributed by atoms with Crippen LogP contribution in [0.15, 0.2) is 12.1 Å². The number of rotatable bonds is 5. The lowest BCUT2D eigenvalue weighted by Gasteiger charge is -2.14. The molecule has 1 rings (SSSR count). The van der Waals surface area contributed by atoms with Crippen LogP contribution in [-0.2, 0) is 0 Å². The highest BCUT2D eigenvalue weighted by molar-refractivity contribution is 6.32. The molecule has 0 aliphatic carbocycles. The van der Waals surface area contributed by atoms with Crippen molar-refractivity contribution in [3.8, 4) is 5.75 Å². The molecule has 0 aliphatic heterocycles. The Kier molecular flexibility index (Phi) is 4.86. The number of ether oxygens (including phenoxy) is 1. The van der Waals surface area contributed by atoms with E-state index in [1.165, 1.54) is 0 Å². The Morgan fingerprint density at radius 1 is 1.56 bits per heavy atom. The number of hydrogen-bond donors (Lipinski definition) is 3. The summed E-state index contributed by atoms with van der Waals surface area (Å²) in [4.78, 5) is 0. The lowest BCUT2D eigenvalue weighted by molar-refractivity contribution is 0.196. The molecular formula is C11H17ClN2O2. The first-order valence-electron chi connectivity index (χ1n) is 5.04. The van der Waals surface area contributed by atoms with E-state index in [-0.39, 0.29) is 6.54 Å². The molecule has 0 saturated carbocycles. The first-order valence-corrected chi connectivity index (χ1v) is 5.42. The number of aryl methyl sites for hydroxylation is 1. The molecule has 0 fully saturated rings. The van der Waals surface area contributed by atoms with Crippen molar-refractivity contribution in [1.29, 1.82) is 0 Å². The molecule has 1 atom stereocenters. The van der Waals surface area contributed by atoms with Crippen molar-refractivity contribution in [2.45, 2.75) is 13.0 Å². The van der Waals surface area contributed by atoms with Gasteiger partial charge in [0.25, 0.3) is 0 Å². The van der Waals surface area contributed by atoms with Gasteiger partial charge in [0.1, 0.15) is 5.75 Å². The fourth-order valence-electron chi connectivity index (χ4n) is 1.31. The number of benzene rings is 1. The van der Waals surface area contributed by atoms with Crippen molar-refractivity contribution in [3.63, 3.8) is 0 Å². The van der Waals surface area contributed by atoms with Gasteiger partial charge in [0.05, 0.1) is 18.2 Å². The van der Waals surface area contributed by atoms with Crippen molar-refractivity contribution < 1.29 is 9.84 Å². The van der Waals surface area contributed by atoms with Gasteiger partial charge >= 0.3 is 0 Å². The van der Waals surface area contributed by atoms with E-state index in [9.17, 15) is 5.11 Å². The summed E-state index contributed by atoms with van der Waals surface area (Å²) in [6.45, 7) is 2.58. The zero-order valence-electron chi connectivity index (χ0n) is 9.46. The van der Waals surface area contributed by atoms with Gasteiger partial charge in [-0.1, -0.05) is 11.6 Å². The molecule has 1 unspecified atom stereocenters. The number of hydrogen-bond acceptors (Lipinski definition) is 4. The van der Waals surface area contributed by atoms with Crippen LogP contribution in [0.1, 0.15) is 5.56 Å². The predicted octanol–water partition coefficient (Wildman–Crippen LogP) is 1.39. The first-order chi connectivity index (χ1) is 7.58. The minimum Gasteiger partial charge on any atom is -0.495 e. The Morgan fingerprint density at radius 2 is 2.25 bits per heavy atom. The van der Waals surface area contributed by atoms with Crippen LogP contribution < -0.4 is 15.8 Å². The van der Waals surface area contributed by atoms with E-state index in [1.807, 2.05) is 13.0 Å². The van der Waals surface area contributed by atoms with Crippen LogP contribution in [0.4, 0.5) is 5.69 Å². The molecule has 5 heteroatoms. The van der Waals surface area contributed by atoms with Gasteiger partial charge in [0, 0.05) is 18.8 Å². The molecule has 0 bridgehead atoms. The normalized spacial score (nSPS) is 12.3. The van der Waals surface area contributed by atoms with E-state index < -0.39 is 6.10 Å². The van der Waals surface area contributed by atoms with Gasteiger partial charge in [0.2, 0.25) is 0 Å². The largest absolute Gasteiger partial charge is 0.495 e. The second kappa shape index (κ2) is 5.94. The van der Waals surface area contributed by atoms with Crippen molar-refractivity contribution in [2.75, 3.05) is 25.5 Å². The molecule has 16 heavy (non-hydrogen) atoms. The Morgan fingerprint density at radius 3 is 2.81 bits per heavy atom. The number of nitrogens with two attached hydrogens (primary N) is 1. The minimum absolute atomic E-state index is 0.232. The van der Waals surface area contributed by atoms with Crippen LogP contribution in [0.2, 0.25) is 5.02 Å². The van der Waals surface area contributed by atoms with Gasteiger partial charge in [-0.25, -0.2) is 0 Å². The summed E-state index contributed by atoms with van der Waals surface area (Å²) in [5, 5.41) is 13.0. The van der Waals surface area contributed by atoms with Gasteiger partial charge in [-0.15, -0.1) is 0 Å². The van der Waals surface area contributed by atoms with Crippen LogP contribution in [0.3, 0.4) is 0 Å². The maximum atomic E-state index is 9.34. The van der Waals surface area contributed by atoms with Crippen molar-refractivity contribution in [2.24, 2.45) is 5.73 Å². The SMILES string of the molecule is COc1cc(C)c(NCC(O)CN)cc1Cl. The van der Waals surface area contributed by atoms with E-state index in [0.717, 1.165) is 11.3 Å². The highest BCUT2D eigenvalue weighted by atomic mass is 35.5. The summed E-state index contributed by atoms with van der Waals surface area (Å²) in [5.74, 6) is 0.643. The highest BCUT2D eigenvalue weighted by Crippen LogP contribution is 2.30. The monoisotopic (exact) mass is 244 g/mol. The number of methoxy groups -OCH3 is 1. The van der Waals surface area contributed by atoms with E-state index in [1.54, 1.807) is 13.2 Å². The zero-order chi connectivity index (χ0) is 12.1. The molecule has 0 saturated heterocycles.